The average Bonchev–Trinajstić information content (AvgIpc) is 3.00. The molecule has 2 aliphatic carbocycles. The van der Waals surface area contributed by atoms with Gasteiger partial charge in [-0.15, -0.1) is 0 Å². The van der Waals surface area contributed by atoms with Crippen LogP contribution in [0.4, 0.5) is 0 Å². The summed E-state index contributed by atoms with van der Waals surface area (Å²) in [6.07, 6.45) is 10.7. The van der Waals surface area contributed by atoms with Gasteiger partial charge in [-0.1, -0.05) is 26.2 Å². The minimum atomic E-state index is 0.113. The Morgan fingerprint density at radius 2 is 1.67 bits per heavy atom. The Kier molecular flexibility index (Phi) is 3.36. The number of rotatable bonds is 5. The Labute approximate surface area is 94.0 Å². The van der Waals surface area contributed by atoms with Crippen LogP contribution in [-0.2, 0) is 0 Å². The molecule has 0 bridgehead atoms. The lowest BCUT2D eigenvalue weighted by molar-refractivity contribution is 0.274. The fourth-order valence-corrected chi connectivity index (χ4v) is 2.84. The minimum absolute atomic E-state index is 0.113. The standard InChI is InChI=1S/C13H26N2/c1-2-12(8-9-12)10-15-11-13(14)6-4-3-5-7-13/h15H,2-11,14H2,1H3. The van der Waals surface area contributed by atoms with E-state index in [1.807, 2.05) is 0 Å². The third-order valence-corrected chi connectivity index (χ3v) is 4.53. The van der Waals surface area contributed by atoms with Crippen LogP contribution in [0.15, 0.2) is 0 Å². The van der Waals surface area contributed by atoms with E-state index in [2.05, 4.69) is 12.2 Å². The molecule has 0 atom stereocenters. The number of nitrogens with one attached hydrogen (secondary N) is 1. The molecule has 0 amide bonds. The van der Waals surface area contributed by atoms with E-state index in [1.54, 1.807) is 0 Å². The van der Waals surface area contributed by atoms with Crippen LogP contribution in [-0.4, -0.2) is 18.6 Å². The second kappa shape index (κ2) is 4.42. The van der Waals surface area contributed by atoms with Crippen molar-refractivity contribution in [2.45, 2.75) is 63.8 Å². The molecule has 0 aromatic rings. The van der Waals surface area contributed by atoms with Crippen molar-refractivity contribution >= 4 is 0 Å². The van der Waals surface area contributed by atoms with Gasteiger partial charge < -0.3 is 11.1 Å². The molecule has 2 heteroatoms. The van der Waals surface area contributed by atoms with E-state index >= 15 is 0 Å². The van der Waals surface area contributed by atoms with E-state index < -0.39 is 0 Å². The number of nitrogens with two attached hydrogens (primary N) is 1. The van der Waals surface area contributed by atoms with Gasteiger partial charge in [0.2, 0.25) is 0 Å². The van der Waals surface area contributed by atoms with Crippen molar-refractivity contribution in [3.8, 4) is 0 Å². The maximum absolute atomic E-state index is 6.39. The van der Waals surface area contributed by atoms with E-state index in [-0.39, 0.29) is 5.54 Å². The van der Waals surface area contributed by atoms with Crippen molar-refractivity contribution in [1.29, 1.82) is 0 Å². The van der Waals surface area contributed by atoms with Crippen LogP contribution in [0.1, 0.15) is 58.3 Å². The van der Waals surface area contributed by atoms with E-state index in [0.717, 1.165) is 6.54 Å². The molecule has 0 spiro atoms. The molecule has 0 aromatic heterocycles. The Bertz CT molecular complexity index is 203. The summed E-state index contributed by atoms with van der Waals surface area (Å²) >= 11 is 0. The van der Waals surface area contributed by atoms with Gasteiger partial charge in [0.1, 0.15) is 0 Å². The lowest BCUT2D eigenvalue weighted by atomic mass is 9.82. The first kappa shape index (κ1) is 11.4. The molecule has 2 saturated carbocycles. The highest BCUT2D eigenvalue weighted by molar-refractivity contribution is 4.95. The zero-order valence-corrected chi connectivity index (χ0v) is 10.1. The molecule has 2 fully saturated rings. The Balaban J connectivity index is 1.68. The molecule has 3 N–H and O–H groups in total. The van der Waals surface area contributed by atoms with Crippen LogP contribution in [0.5, 0.6) is 0 Å². The Morgan fingerprint density at radius 1 is 1.00 bits per heavy atom. The summed E-state index contributed by atoms with van der Waals surface area (Å²) in [5, 5.41) is 3.62. The maximum atomic E-state index is 6.39. The molecule has 0 aliphatic heterocycles. The summed E-state index contributed by atoms with van der Waals surface area (Å²) in [7, 11) is 0. The Morgan fingerprint density at radius 3 is 2.20 bits per heavy atom. The first-order valence-corrected chi connectivity index (χ1v) is 6.68. The quantitative estimate of drug-likeness (QED) is 0.731. The van der Waals surface area contributed by atoms with Gasteiger partial charge >= 0.3 is 0 Å². The van der Waals surface area contributed by atoms with Crippen molar-refractivity contribution in [3.05, 3.63) is 0 Å². The van der Waals surface area contributed by atoms with Gasteiger partial charge in [-0.05, 0) is 37.5 Å². The highest BCUT2D eigenvalue weighted by Gasteiger charge is 2.40. The molecule has 0 saturated heterocycles. The molecule has 0 radical (unpaired) electrons. The van der Waals surface area contributed by atoms with Crippen LogP contribution in [0.25, 0.3) is 0 Å². The molecular weight excluding hydrogens is 184 g/mol. The van der Waals surface area contributed by atoms with Gasteiger partial charge in [-0.3, -0.25) is 0 Å². The predicted molar refractivity (Wildman–Crippen MR) is 64.8 cm³/mol. The zero-order chi connectivity index (χ0) is 10.8. The third kappa shape index (κ3) is 2.94. The second-order valence-corrected chi connectivity index (χ2v) is 5.88. The lowest BCUT2D eigenvalue weighted by Crippen LogP contribution is -2.50. The molecule has 0 aromatic carbocycles. The number of hydrogen-bond acceptors (Lipinski definition) is 2. The van der Waals surface area contributed by atoms with Crippen molar-refractivity contribution in [1.82, 2.24) is 5.32 Å². The monoisotopic (exact) mass is 210 g/mol. The molecule has 2 rings (SSSR count). The molecule has 15 heavy (non-hydrogen) atoms. The summed E-state index contributed by atoms with van der Waals surface area (Å²) in [5.41, 5.74) is 7.16. The zero-order valence-electron chi connectivity index (χ0n) is 10.1. The fourth-order valence-electron chi connectivity index (χ4n) is 2.84. The van der Waals surface area contributed by atoms with Gasteiger partial charge in [-0.2, -0.15) is 0 Å². The highest BCUT2D eigenvalue weighted by atomic mass is 15.0. The summed E-state index contributed by atoms with van der Waals surface area (Å²) in [6.45, 7) is 4.55. The molecule has 2 aliphatic rings. The van der Waals surface area contributed by atoms with Gasteiger partial charge in [0.25, 0.3) is 0 Å². The third-order valence-electron chi connectivity index (χ3n) is 4.53. The van der Waals surface area contributed by atoms with E-state index in [1.165, 1.54) is 57.9 Å². The van der Waals surface area contributed by atoms with Crippen LogP contribution < -0.4 is 11.1 Å². The summed E-state index contributed by atoms with van der Waals surface area (Å²) < 4.78 is 0. The van der Waals surface area contributed by atoms with E-state index in [0.29, 0.717) is 5.41 Å². The normalized spacial score (nSPS) is 27.6. The molecule has 2 nitrogen and oxygen atoms in total. The maximum Gasteiger partial charge on any atom is 0.0280 e. The smallest absolute Gasteiger partial charge is 0.0280 e. The molecular formula is C13H26N2. The number of hydrogen-bond donors (Lipinski definition) is 2. The van der Waals surface area contributed by atoms with Crippen molar-refractivity contribution in [2.24, 2.45) is 11.1 Å². The first-order valence-electron chi connectivity index (χ1n) is 6.68. The summed E-state index contributed by atoms with van der Waals surface area (Å²) in [5.74, 6) is 0. The average molecular weight is 210 g/mol. The molecule has 0 unspecified atom stereocenters. The topological polar surface area (TPSA) is 38.0 Å². The van der Waals surface area contributed by atoms with E-state index in [4.69, 9.17) is 5.73 Å². The fraction of sp³-hybridized carbons (Fsp3) is 1.00. The van der Waals surface area contributed by atoms with Gasteiger partial charge in [0.05, 0.1) is 0 Å². The minimum Gasteiger partial charge on any atom is -0.324 e. The van der Waals surface area contributed by atoms with Crippen LogP contribution in [0.2, 0.25) is 0 Å². The van der Waals surface area contributed by atoms with Gasteiger partial charge in [-0.25, -0.2) is 0 Å². The van der Waals surface area contributed by atoms with Gasteiger partial charge in [0, 0.05) is 18.6 Å². The summed E-state index contributed by atoms with van der Waals surface area (Å²) in [4.78, 5) is 0. The van der Waals surface area contributed by atoms with Gasteiger partial charge in [0.15, 0.2) is 0 Å². The SMILES string of the molecule is CCC1(CNCC2(N)CCCCC2)CC1. The largest absolute Gasteiger partial charge is 0.324 e. The van der Waals surface area contributed by atoms with Crippen LogP contribution in [0.3, 0.4) is 0 Å². The van der Waals surface area contributed by atoms with Crippen LogP contribution >= 0.6 is 0 Å². The predicted octanol–water partition coefficient (Wildman–Crippen LogP) is 2.43. The summed E-state index contributed by atoms with van der Waals surface area (Å²) in [6, 6.07) is 0. The second-order valence-electron chi connectivity index (χ2n) is 5.88. The van der Waals surface area contributed by atoms with Crippen molar-refractivity contribution in [3.63, 3.8) is 0 Å². The Hall–Kier alpha value is -0.0800. The highest BCUT2D eigenvalue weighted by Crippen LogP contribution is 2.47. The van der Waals surface area contributed by atoms with Crippen LogP contribution in [0, 0.1) is 5.41 Å². The van der Waals surface area contributed by atoms with E-state index in [9.17, 15) is 0 Å². The first-order chi connectivity index (χ1) is 7.18. The van der Waals surface area contributed by atoms with Crippen molar-refractivity contribution < 1.29 is 0 Å². The molecule has 88 valence electrons. The lowest BCUT2D eigenvalue weighted by Gasteiger charge is -2.34. The van der Waals surface area contributed by atoms with Crippen molar-refractivity contribution in [2.75, 3.05) is 13.1 Å². The molecule has 0 heterocycles.